The third-order valence-corrected chi connectivity index (χ3v) is 3.48. The van der Waals surface area contributed by atoms with Gasteiger partial charge in [0.05, 0.1) is 5.69 Å². The number of rotatable bonds is 4. The molecular formula is C15H14BrN3O. The lowest BCUT2D eigenvalue weighted by Crippen LogP contribution is -2.05. The predicted octanol–water partition coefficient (Wildman–Crippen LogP) is 4.03. The van der Waals surface area contributed by atoms with Gasteiger partial charge in [0.1, 0.15) is 17.4 Å². The minimum Gasteiger partial charge on any atom is -0.437 e. The Hall–Kier alpha value is -1.93. The first-order valence-corrected chi connectivity index (χ1v) is 7.20. The summed E-state index contributed by atoms with van der Waals surface area (Å²) in [5.74, 6) is 0.897. The van der Waals surface area contributed by atoms with Crippen LogP contribution in [0.1, 0.15) is 30.7 Å². The van der Waals surface area contributed by atoms with E-state index >= 15 is 0 Å². The number of halogens is 1. The zero-order chi connectivity index (χ0) is 14.5. The van der Waals surface area contributed by atoms with Crippen LogP contribution in [0.25, 0.3) is 0 Å². The second kappa shape index (κ2) is 6.49. The van der Waals surface area contributed by atoms with Crippen molar-refractivity contribution in [2.45, 2.75) is 26.7 Å². The van der Waals surface area contributed by atoms with E-state index in [0.29, 0.717) is 11.3 Å². The van der Waals surface area contributed by atoms with E-state index in [1.54, 1.807) is 0 Å². The maximum absolute atomic E-state index is 9.37. The van der Waals surface area contributed by atoms with Gasteiger partial charge in [0, 0.05) is 4.47 Å². The molecular weight excluding hydrogens is 318 g/mol. The van der Waals surface area contributed by atoms with Crippen molar-refractivity contribution < 1.29 is 4.74 Å². The minimum atomic E-state index is 0.267. The second-order valence-electron chi connectivity index (χ2n) is 4.18. The SMILES string of the molecule is CCc1nnc(Oc2ccc(Br)cc2)c(C#N)c1CC. The number of aryl methyl sites for hydroxylation is 1. The molecule has 20 heavy (non-hydrogen) atoms. The lowest BCUT2D eigenvalue weighted by Gasteiger charge is -2.11. The van der Waals surface area contributed by atoms with Crippen molar-refractivity contribution in [2.75, 3.05) is 0 Å². The normalized spacial score (nSPS) is 10.1. The summed E-state index contributed by atoms with van der Waals surface area (Å²) < 4.78 is 6.65. The van der Waals surface area contributed by atoms with Gasteiger partial charge >= 0.3 is 0 Å². The van der Waals surface area contributed by atoms with Gasteiger partial charge in [-0.15, -0.1) is 5.10 Å². The second-order valence-corrected chi connectivity index (χ2v) is 5.10. The zero-order valence-corrected chi connectivity index (χ0v) is 12.9. The Kier molecular flexibility index (Phi) is 4.70. The molecule has 1 aromatic carbocycles. The highest BCUT2D eigenvalue weighted by molar-refractivity contribution is 9.10. The topological polar surface area (TPSA) is 58.8 Å². The quantitative estimate of drug-likeness (QED) is 0.848. The van der Waals surface area contributed by atoms with Gasteiger partial charge in [0.15, 0.2) is 0 Å². The number of ether oxygens (including phenoxy) is 1. The number of nitriles is 1. The number of hydrogen-bond donors (Lipinski definition) is 0. The summed E-state index contributed by atoms with van der Waals surface area (Å²) in [6, 6.07) is 9.55. The molecule has 0 unspecified atom stereocenters. The van der Waals surface area contributed by atoms with Crippen molar-refractivity contribution in [1.29, 1.82) is 5.26 Å². The number of hydrogen-bond acceptors (Lipinski definition) is 4. The molecule has 0 fully saturated rings. The smallest absolute Gasteiger partial charge is 0.257 e. The third-order valence-electron chi connectivity index (χ3n) is 2.95. The van der Waals surface area contributed by atoms with Crippen molar-refractivity contribution in [3.8, 4) is 17.7 Å². The van der Waals surface area contributed by atoms with Gasteiger partial charge < -0.3 is 4.74 Å². The monoisotopic (exact) mass is 331 g/mol. The first kappa shape index (κ1) is 14.5. The van der Waals surface area contributed by atoms with Crippen LogP contribution >= 0.6 is 15.9 Å². The van der Waals surface area contributed by atoms with Gasteiger partial charge in [-0.05, 0) is 42.7 Å². The molecule has 5 heteroatoms. The van der Waals surface area contributed by atoms with Gasteiger partial charge in [-0.2, -0.15) is 10.4 Å². The molecule has 102 valence electrons. The molecule has 0 N–H and O–H groups in total. The van der Waals surface area contributed by atoms with Crippen molar-refractivity contribution >= 4 is 15.9 Å². The van der Waals surface area contributed by atoms with E-state index in [1.807, 2.05) is 38.1 Å². The maximum Gasteiger partial charge on any atom is 0.257 e. The molecule has 0 amide bonds. The van der Waals surface area contributed by atoms with Gasteiger partial charge in [-0.3, -0.25) is 0 Å². The third kappa shape index (κ3) is 2.97. The summed E-state index contributed by atoms with van der Waals surface area (Å²) in [5.41, 5.74) is 2.24. The summed E-state index contributed by atoms with van der Waals surface area (Å²) in [6.07, 6.45) is 1.49. The summed E-state index contributed by atoms with van der Waals surface area (Å²) in [5, 5.41) is 17.6. The van der Waals surface area contributed by atoms with E-state index in [0.717, 1.165) is 28.6 Å². The molecule has 0 bridgehead atoms. The Bertz CT molecular complexity index is 647. The van der Waals surface area contributed by atoms with E-state index in [1.165, 1.54) is 0 Å². The summed E-state index contributed by atoms with van der Waals surface area (Å²) in [7, 11) is 0. The number of benzene rings is 1. The average molecular weight is 332 g/mol. The average Bonchev–Trinajstić information content (AvgIpc) is 2.48. The Morgan fingerprint density at radius 3 is 2.40 bits per heavy atom. The van der Waals surface area contributed by atoms with Crippen LogP contribution in [-0.2, 0) is 12.8 Å². The molecule has 0 saturated carbocycles. The molecule has 4 nitrogen and oxygen atoms in total. The molecule has 0 atom stereocenters. The first-order chi connectivity index (χ1) is 9.69. The molecule has 0 aliphatic heterocycles. The molecule has 0 radical (unpaired) electrons. The zero-order valence-electron chi connectivity index (χ0n) is 11.4. The minimum absolute atomic E-state index is 0.267. The van der Waals surface area contributed by atoms with Gasteiger partial charge in [-0.1, -0.05) is 29.8 Å². The molecule has 0 aliphatic carbocycles. The number of aromatic nitrogens is 2. The Balaban J connectivity index is 2.42. The molecule has 2 aromatic rings. The molecule has 1 aromatic heterocycles. The fourth-order valence-electron chi connectivity index (χ4n) is 1.96. The van der Waals surface area contributed by atoms with Crippen LogP contribution < -0.4 is 4.74 Å². The van der Waals surface area contributed by atoms with Crippen LogP contribution in [0.15, 0.2) is 28.7 Å². The van der Waals surface area contributed by atoms with Crippen molar-refractivity contribution in [3.05, 3.63) is 45.6 Å². The molecule has 0 spiro atoms. The summed E-state index contributed by atoms with van der Waals surface area (Å²) in [6.45, 7) is 4.00. The van der Waals surface area contributed by atoms with E-state index in [9.17, 15) is 5.26 Å². The first-order valence-electron chi connectivity index (χ1n) is 6.41. The fourth-order valence-corrected chi connectivity index (χ4v) is 2.22. The van der Waals surface area contributed by atoms with Gasteiger partial charge in [-0.25, -0.2) is 0 Å². The fraction of sp³-hybridized carbons (Fsp3) is 0.267. The van der Waals surface area contributed by atoms with E-state index in [2.05, 4.69) is 32.2 Å². The van der Waals surface area contributed by atoms with Crippen LogP contribution in [0.2, 0.25) is 0 Å². The van der Waals surface area contributed by atoms with E-state index in [4.69, 9.17) is 4.74 Å². The standard InChI is InChI=1S/C15H14BrN3O/c1-3-12-13(9-17)15(19-18-14(12)4-2)20-11-7-5-10(16)6-8-11/h5-8H,3-4H2,1-2H3. The van der Waals surface area contributed by atoms with Gasteiger partial charge in [0.2, 0.25) is 0 Å². The predicted molar refractivity (Wildman–Crippen MR) is 79.7 cm³/mol. The molecule has 0 aliphatic rings. The van der Waals surface area contributed by atoms with Gasteiger partial charge in [0.25, 0.3) is 5.88 Å². The highest BCUT2D eigenvalue weighted by atomic mass is 79.9. The van der Waals surface area contributed by atoms with Crippen molar-refractivity contribution in [2.24, 2.45) is 0 Å². The molecule has 0 saturated heterocycles. The lowest BCUT2D eigenvalue weighted by atomic mass is 10.0. The maximum atomic E-state index is 9.37. The largest absolute Gasteiger partial charge is 0.437 e. The van der Waals surface area contributed by atoms with Crippen LogP contribution in [0.3, 0.4) is 0 Å². The Morgan fingerprint density at radius 1 is 1.15 bits per heavy atom. The molecule has 2 rings (SSSR count). The highest BCUT2D eigenvalue weighted by Crippen LogP contribution is 2.27. The Labute approximate surface area is 126 Å². The molecule has 1 heterocycles. The summed E-state index contributed by atoms with van der Waals surface area (Å²) >= 11 is 3.36. The summed E-state index contributed by atoms with van der Waals surface area (Å²) in [4.78, 5) is 0. The van der Waals surface area contributed by atoms with Crippen molar-refractivity contribution in [1.82, 2.24) is 10.2 Å². The van der Waals surface area contributed by atoms with Crippen molar-refractivity contribution in [3.63, 3.8) is 0 Å². The highest BCUT2D eigenvalue weighted by Gasteiger charge is 2.15. The van der Waals surface area contributed by atoms with Crippen LogP contribution in [0.5, 0.6) is 11.6 Å². The lowest BCUT2D eigenvalue weighted by molar-refractivity contribution is 0.450. The van der Waals surface area contributed by atoms with Crippen LogP contribution in [0.4, 0.5) is 0 Å². The Morgan fingerprint density at radius 2 is 1.85 bits per heavy atom. The van der Waals surface area contributed by atoms with E-state index in [-0.39, 0.29) is 5.88 Å². The number of nitrogens with zero attached hydrogens (tertiary/aromatic N) is 3. The van der Waals surface area contributed by atoms with E-state index < -0.39 is 0 Å². The van der Waals surface area contributed by atoms with Crippen LogP contribution in [-0.4, -0.2) is 10.2 Å². The van der Waals surface area contributed by atoms with Crippen LogP contribution in [0, 0.1) is 11.3 Å².